The molecule has 29 heavy (non-hydrogen) atoms. The Morgan fingerprint density at radius 2 is 1.83 bits per heavy atom. The number of aromatic nitrogens is 3. The maximum Gasteiger partial charge on any atom is 0.323 e. The lowest BCUT2D eigenvalue weighted by Crippen LogP contribution is -2.16. The standard InChI is InChI=1S/C19H11Cl3N4O3/c20-12-4-3-11-18(17(12)22)26(8-16(27)28)13-5-9(1-2-10(13)19(11)29)25-15-7-23-14(21)6-24-15/h1-7H,8H2,(H,24,25)(H,27,28). The molecule has 0 radical (unpaired) electrons. The van der Waals surface area contributed by atoms with Crippen LogP contribution in [-0.2, 0) is 11.3 Å². The van der Waals surface area contributed by atoms with Crippen LogP contribution in [0.2, 0.25) is 15.2 Å². The van der Waals surface area contributed by atoms with E-state index in [2.05, 4.69) is 15.3 Å². The predicted molar refractivity (Wildman–Crippen MR) is 114 cm³/mol. The van der Waals surface area contributed by atoms with Crippen LogP contribution < -0.4 is 10.7 Å². The lowest BCUT2D eigenvalue weighted by molar-refractivity contribution is -0.137. The highest BCUT2D eigenvalue weighted by molar-refractivity contribution is 6.45. The second-order valence-corrected chi connectivity index (χ2v) is 7.32. The van der Waals surface area contributed by atoms with Crippen LogP contribution in [0.5, 0.6) is 0 Å². The minimum absolute atomic E-state index is 0.117. The largest absolute Gasteiger partial charge is 0.480 e. The van der Waals surface area contributed by atoms with Crippen LogP contribution in [0.3, 0.4) is 0 Å². The molecular weight excluding hydrogens is 439 g/mol. The van der Waals surface area contributed by atoms with Crippen molar-refractivity contribution in [3.8, 4) is 0 Å². The number of benzene rings is 2. The highest BCUT2D eigenvalue weighted by Crippen LogP contribution is 2.32. The molecule has 0 unspecified atom stereocenters. The van der Waals surface area contributed by atoms with Crippen molar-refractivity contribution in [2.45, 2.75) is 6.54 Å². The van der Waals surface area contributed by atoms with Crippen LogP contribution in [0, 0.1) is 0 Å². The van der Waals surface area contributed by atoms with Gasteiger partial charge in [-0.1, -0.05) is 34.8 Å². The van der Waals surface area contributed by atoms with Crippen LogP contribution in [0.1, 0.15) is 0 Å². The van der Waals surface area contributed by atoms with Gasteiger partial charge in [0.05, 0.1) is 33.5 Å². The highest BCUT2D eigenvalue weighted by Gasteiger charge is 2.17. The number of halogens is 3. The van der Waals surface area contributed by atoms with Crippen molar-refractivity contribution < 1.29 is 9.90 Å². The molecule has 0 spiro atoms. The summed E-state index contributed by atoms with van der Waals surface area (Å²) in [6.07, 6.45) is 2.84. The van der Waals surface area contributed by atoms with E-state index in [1.54, 1.807) is 24.3 Å². The van der Waals surface area contributed by atoms with E-state index in [4.69, 9.17) is 34.8 Å². The van der Waals surface area contributed by atoms with Gasteiger partial charge in [0.25, 0.3) is 0 Å². The molecule has 2 N–H and O–H groups in total. The van der Waals surface area contributed by atoms with Gasteiger partial charge >= 0.3 is 5.97 Å². The Balaban J connectivity index is 2.00. The zero-order valence-corrected chi connectivity index (χ0v) is 16.8. The van der Waals surface area contributed by atoms with Gasteiger partial charge in [0.2, 0.25) is 0 Å². The van der Waals surface area contributed by atoms with Crippen molar-refractivity contribution in [1.82, 2.24) is 14.5 Å². The average Bonchev–Trinajstić information content (AvgIpc) is 2.69. The third-order valence-corrected chi connectivity index (χ3v) is 5.29. The number of nitrogens with zero attached hydrogens (tertiary/aromatic N) is 3. The van der Waals surface area contributed by atoms with Crippen molar-refractivity contribution >= 4 is 74.1 Å². The smallest absolute Gasteiger partial charge is 0.323 e. The molecule has 0 atom stereocenters. The van der Waals surface area contributed by atoms with Gasteiger partial charge in [-0.05, 0) is 30.3 Å². The van der Waals surface area contributed by atoms with Crippen molar-refractivity contribution in [2.75, 3.05) is 5.32 Å². The first-order chi connectivity index (χ1) is 13.8. The Bertz CT molecular complexity index is 1340. The third kappa shape index (κ3) is 3.60. The molecule has 0 aliphatic carbocycles. The first-order valence-corrected chi connectivity index (χ1v) is 9.39. The van der Waals surface area contributed by atoms with E-state index in [1.165, 1.54) is 23.0 Å². The van der Waals surface area contributed by atoms with Gasteiger partial charge in [0, 0.05) is 16.5 Å². The summed E-state index contributed by atoms with van der Waals surface area (Å²) in [6, 6.07) is 8.00. The molecule has 2 heterocycles. The van der Waals surface area contributed by atoms with E-state index in [0.717, 1.165) is 0 Å². The van der Waals surface area contributed by atoms with Gasteiger partial charge in [-0.25, -0.2) is 9.97 Å². The molecule has 7 nitrogen and oxygen atoms in total. The van der Waals surface area contributed by atoms with Crippen LogP contribution >= 0.6 is 34.8 Å². The fraction of sp³-hybridized carbons (Fsp3) is 0.0526. The summed E-state index contributed by atoms with van der Waals surface area (Å²) in [5, 5.41) is 13.7. The van der Waals surface area contributed by atoms with Crippen molar-refractivity contribution in [1.29, 1.82) is 0 Å². The SMILES string of the molecule is O=C(O)Cn1c2cc(Nc3cnc(Cl)cn3)ccc2c(=O)c2ccc(Cl)c(Cl)c21. The zero-order chi connectivity index (χ0) is 20.7. The Hall–Kier alpha value is -2.87. The molecule has 0 fully saturated rings. The molecule has 0 aliphatic heterocycles. The highest BCUT2D eigenvalue weighted by atomic mass is 35.5. The summed E-state index contributed by atoms with van der Waals surface area (Å²) in [5.74, 6) is -0.656. The van der Waals surface area contributed by atoms with Crippen LogP contribution in [0.4, 0.5) is 11.5 Å². The normalized spacial score (nSPS) is 11.1. The monoisotopic (exact) mass is 448 g/mol. The lowest BCUT2D eigenvalue weighted by atomic mass is 10.1. The lowest BCUT2D eigenvalue weighted by Gasteiger charge is -2.16. The number of carboxylic acid groups (broad SMARTS) is 1. The molecule has 0 saturated heterocycles. The number of rotatable bonds is 4. The zero-order valence-electron chi connectivity index (χ0n) is 14.5. The quantitative estimate of drug-likeness (QED) is 0.437. The van der Waals surface area contributed by atoms with E-state index >= 15 is 0 Å². The van der Waals surface area contributed by atoms with Gasteiger partial charge in [-0.3, -0.25) is 9.59 Å². The maximum atomic E-state index is 13.0. The van der Waals surface area contributed by atoms with Gasteiger partial charge in [0.1, 0.15) is 17.5 Å². The minimum Gasteiger partial charge on any atom is -0.480 e. The molecule has 0 amide bonds. The first-order valence-electron chi connectivity index (χ1n) is 8.26. The molecule has 0 bridgehead atoms. The Morgan fingerprint density at radius 3 is 2.52 bits per heavy atom. The van der Waals surface area contributed by atoms with E-state index in [-0.39, 0.29) is 31.5 Å². The van der Waals surface area contributed by atoms with E-state index in [0.29, 0.717) is 22.4 Å². The number of pyridine rings is 1. The summed E-state index contributed by atoms with van der Waals surface area (Å²) >= 11 is 18.2. The Kier molecular flexibility index (Phi) is 5.04. The number of aliphatic carboxylic acids is 1. The fourth-order valence-corrected chi connectivity index (χ4v) is 3.62. The number of anilines is 2. The molecule has 2 aromatic carbocycles. The molecule has 2 aromatic heterocycles. The van der Waals surface area contributed by atoms with Crippen LogP contribution in [0.25, 0.3) is 21.8 Å². The van der Waals surface area contributed by atoms with Crippen molar-refractivity contribution in [2.24, 2.45) is 0 Å². The molecule has 10 heteroatoms. The van der Waals surface area contributed by atoms with Gasteiger partial charge < -0.3 is 15.0 Å². The van der Waals surface area contributed by atoms with Crippen molar-refractivity contribution in [3.05, 3.63) is 68.1 Å². The summed E-state index contributed by atoms with van der Waals surface area (Å²) in [7, 11) is 0. The van der Waals surface area contributed by atoms with E-state index in [9.17, 15) is 14.7 Å². The molecular formula is C19H11Cl3N4O3. The number of fused-ring (bicyclic) bond motifs is 2. The van der Waals surface area contributed by atoms with Crippen LogP contribution in [0.15, 0.2) is 47.5 Å². The fourth-order valence-electron chi connectivity index (χ4n) is 3.10. The minimum atomic E-state index is -1.09. The molecule has 4 aromatic rings. The number of carboxylic acids is 1. The summed E-state index contributed by atoms with van der Waals surface area (Å²) < 4.78 is 1.46. The Morgan fingerprint density at radius 1 is 1.07 bits per heavy atom. The van der Waals surface area contributed by atoms with Crippen LogP contribution in [-0.4, -0.2) is 25.6 Å². The summed E-state index contributed by atoms with van der Waals surface area (Å²) in [4.78, 5) is 32.6. The van der Waals surface area contributed by atoms with Crippen molar-refractivity contribution in [3.63, 3.8) is 0 Å². The second kappa shape index (κ2) is 7.51. The molecule has 0 saturated carbocycles. The van der Waals surface area contributed by atoms with Gasteiger partial charge in [-0.2, -0.15) is 0 Å². The maximum absolute atomic E-state index is 13.0. The second-order valence-electron chi connectivity index (χ2n) is 6.15. The topological polar surface area (TPSA) is 97.1 Å². The predicted octanol–water partition coefficient (Wildman–Crippen LogP) is 4.73. The average molecular weight is 450 g/mol. The number of hydrogen-bond donors (Lipinski definition) is 2. The third-order valence-electron chi connectivity index (χ3n) is 4.30. The first kappa shape index (κ1) is 19.4. The number of hydrogen-bond acceptors (Lipinski definition) is 5. The summed E-state index contributed by atoms with van der Waals surface area (Å²) in [6.45, 7) is -0.405. The van der Waals surface area contributed by atoms with E-state index < -0.39 is 12.5 Å². The molecule has 146 valence electrons. The molecule has 4 rings (SSSR count). The van der Waals surface area contributed by atoms with Gasteiger partial charge in [-0.15, -0.1) is 0 Å². The summed E-state index contributed by atoms with van der Waals surface area (Å²) in [5.41, 5.74) is 0.960. The van der Waals surface area contributed by atoms with E-state index in [1.807, 2.05) is 0 Å². The molecule has 0 aliphatic rings. The number of carbonyl (C=O) groups is 1. The Labute approximate surface area is 178 Å². The number of nitrogens with one attached hydrogen (secondary N) is 1. The van der Waals surface area contributed by atoms with Gasteiger partial charge in [0.15, 0.2) is 5.43 Å².